The number of nitrogens with one attached hydrogen (secondary N) is 1. The predicted molar refractivity (Wildman–Crippen MR) is 108 cm³/mol. The fraction of sp³-hybridized carbons (Fsp3) is 0.381. The van der Waals surface area contributed by atoms with Crippen molar-refractivity contribution in [2.45, 2.75) is 39.7 Å². The first-order valence-electron chi connectivity index (χ1n) is 9.75. The van der Waals surface area contributed by atoms with Gasteiger partial charge in [0.05, 0.1) is 11.8 Å². The number of aryl methyl sites for hydroxylation is 1. The van der Waals surface area contributed by atoms with Crippen molar-refractivity contribution in [1.82, 2.24) is 25.1 Å². The molecule has 30 heavy (non-hydrogen) atoms. The third-order valence-electron chi connectivity index (χ3n) is 5.01. The lowest BCUT2D eigenvalue weighted by molar-refractivity contribution is -0.144. The fourth-order valence-corrected chi connectivity index (χ4v) is 2.99. The number of hydrogen-bond donors (Lipinski definition) is 2. The third kappa shape index (κ3) is 4.10. The second-order valence-corrected chi connectivity index (χ2v) is 7.78. The first kappa shape index (κ1) is 19.8. The number of carbonyl (C=O) groups is 1. The Balaban J connectivity index is 1.46. The van der Waals surface area contributed by atoms with Crippen LogP contribution in [-0.2, 0) is 4.79 Å². The van der Waals surface area contributed by atoms with E-state index in [1.165, 1.54) is 0 Å². The molecule has 3 aromatic rings. The molecule has 0 aromatic carbocycles. The summed E-state index contributed by atoms with van der Waals surface area (Å²) in [7, 11) is 0. The van der Waals surface area contributed by atoms with E-state index in [0.29, 0.717) is 30.6 Å². The zero-order valence-corrected chi connectivity index (χ0v) is 17.0. The van der Waals surface area contributed by atoms with Gasteiger partial charge < -0.3 is 14.6 Å². The molecule has 0 spiro atoms. The summed E-state index contributed by atoms with van der Waals surface area (Å²) in [4.78, 5) is 24.4. The number of aromatic nitrogens is 5. The lowest BCUT2D eigenvalue weighted by atomic mass is 10.1. The molecule has 3 aromatic heterocycles. The minimum atomic E-state index is -0.810. The molecule has 0 saturated heterocycles. The molecule has 3 heterocycles. The van der Waals surface area contributed by atoms with Gasteiger partial charge >= 0.3 is 12.0 Å². The van der Waals surface area contributed by atoms with Gasteiger partial charge in [0.2, 0.25) is 5.88 Å². The number of pyridine rings is 2. The molecule has 1 aliphatic carbocycles. The molecule has 0 bridgehead atoms. The summed E-state index contributed by atoms with van der Waals surface area (Å²) in [5, 5.41) is 16.1. The first-order valence-corrected chi connectivity index (χ1v) is 9.75. The Kier molecular flexibility index (Phi) is 5.11. The molecular weight excluding hydrogens is 386 g/mol. The van der Waals surface area contributed by atoms with Gasteiger partial charge in [-0.15, -0.1) is 5.10 Å². The van der Waals surface area contributed by atoms with Crippen LogP contribution in [0.2, 0.25) is 0 Å². The Morgan fingerprint density at radius 2 is 2.07 bits per heavy atom. The van der Waals surface area contributed by atoms with Crippen molar-refractivity contribution in [3.05, 3.63) is 36.2 Å². The normalized spacial score (nSPS) is 14.5. The molecule has 2 N–H and O–H groups in total. The third-order valence-corrected chi connectivity index (χ3v) is 5.01. The van der Waals surface area contributed by atoms with Gasteiger partial charge in [-0.2, -0.15) is 4.98 Å². The van der Waals surface area contributed by atoms with E-state index in [-0.39, 0.29) is 12.7 Å². The Morgan fingerprint density at radius 1 is 1.27 bits per heavy atom. The van der Waals surface area contributed by atoms with Crippen LogP contribution in [0.5, 0.6) is 11.9 Å². The topological polar surface area (TPSA) is 123 Å². The van der Waals surface area contributed by atoms with Crippen molar-refractivity contribution in [2.24, 2.45) is 5.41 Å². The van der Waals surface area contributed by atoms with E-state index in [1.807, 2.05) is 32.9 Å². The van der Waals surface area contributed by atoms with E-state index in [2.05, 4.69) is 25.1 Å². The van der Waals surface area contributed by atoms with E-state index >= 15 is 0 Å². The van der Waals surface area contributed by atoms with Gasteiger partial charge in [-0.25, -0.2) is 4.98 Å². The summed E-state index contributed by atoms with van der Waals surface area (Å²) in [5.74, 6) is 0.185. The van der Waals surface area contributed by atoms with Crippen LogP contribution in [0.15, 0.2) is 30.6 Å². The average Bonchev–Trinajstić information content (AvgIpc) is 3.38. The van der Waals surface area contributed by atoms with Crippen molar-refractivity contribution in [3.63, 3.8) is 0 Å². The quantitative estimate of drug-likeness (QED) is 0.581. The van der Waals surface area contributed by atoms with E-state index < -0.39 is 11.4 Å². The highest BCUT2D eigenvalue weighted by molar-refractivity contribution is 5.78. The highest BCUT2D eigenvalue weighted by Gasteiger charge is 2.51. The number of H-pyrrole nitrogens is 1. The summed E-state index contributed by atoms with van der Waals surface area (Å²) in [6.07, 6.45) is 4.69. The van der Waals surface area contributed by atoms with E-state index in [9.17, 15) is 9.90 Å². The van der Waals surface area contributed by atoms with Crippen molar-refractivity contribution < 1.29 is 19.4 Å². The summed E-state index contributed by atoms with van der Waals surface area (Å²) >= 11 is 0. The fourth-order valence-electron chi connectivity index (χ4n) is 2.99. The van der Waals surface area contributed by atoms with E-state index in [4.69, 9.17) is 9.47 Å². The molecule has 9 nitrogen and oxygen atoms in total. The second-order valence-electron chi connectivity index (χ2n) is 7.78. The number of aromatic amines is 1. The van der Waals surface area contributed by atoms with Gasteiger partial charge in [0.1, 0.15) is 12.0 Å². The Morgan fingerprint density at radius 3 is 2.67 bits per heavy atom. The highest BCUT2D eigenvalue weighted by Crippen LogP contribution is 2.46. The SMILES string of the molecule is Cc1cc(OCC2(C(=O)O)CC2)ncc1-c1ccc(-c2nc(OC(C)C)n[nH]2)cn1. The number of ether oxygens (including phenoxy) is 2. The van der Waals surface area contributed by atoms with Crippen LogP contribution in [0.1, 0.15) is 32.3 Å². The zero-order valence-electron chi connectivity index (χ0n) is 17.0. The van der Waals surface area contributed by atoms with Crippen LogP contribution >= 0.6 is 0 Å². The Labute approximate surface area is 173 Å². The van der Waals surface area contributed by atoms with E-state index in [0.717, 1.165) is 22.4 Å². The molecule has 156 valence electrons. The standard InChI is InChI=1S/C21H23N5O4/c1-12(2)30-20-24-18(25-26-20)14-4-5-16(22-9-14)15-10-23-17(8-13(15)3)29-11-21(6-7-21)19(27)28/h4-5,8-10,12H,6-7,11H2,1-3H3,(H,27,28)(H,24,25,26). The van der Waals surface area contributed by atoms with Crippen LogP contribution in [0.3, 0.4) is 0 Å². The summed E-state index contributed by atoms with van der Waals surface area (Å²) in [5.41, 5.74) is 2.62. The van der Waals surface area contributed by atoms with Gasteiger partial charge in [0.25, 0.3) is 0 Å². The maximum absolute atomic E-state index is 11.3. The van der Waals surface area contributed by atoms with Crippen molar-refractivity contribution in [1.29, 1.82) is 0 Å². The first-order chi connectivity index (χ1) is 14.4. The Bertz CT molecular complexity index is 1060. The molecule has 1 saturated carbocycles. The molecule has 0 amide bonds. The van der Waals surface area contributed by atoms with Gasteiger partial charge in [-0.3, -0.25) is 14.9 Å². The molecular formula is C21H23N5O4. The minimum Gasteiger partial charge on any atom is -0.481 e. The maximum atomic E-state index is 11.3. The number of carboxylic acid groups (broad SMARTS) is 1. The van der Waals surface area contributed by atoms with Crippen LogP contribution in [0, 0.1) is 12.3 Å². The number of hydrogen-bond acceptors (Lipinski definition) is 7. The number of nitrogens with zero attached hydrogens (tertiary/aromatic N) is 4. The second kappa shape index (κ2) is 7.74. The lowest BCUT2D eigenvalue weighted by Gasteiger charge is -2.12. The van der Waals surface area contributed by atoms with Gasteiger partial charge in [-0.1, -0.05) is 0 Å². The molecule has 4 rings (SSSR count). The summed E-state index contributed by atoms with van der Waals surface area (Å²) in [6, 6.07) is 5.88. The van der Waals surface area contributed by atoms with Crippen molar-refractivity contribution in [2.75, 3.05) is 6.61 Å². The zero-order chi connectivity index (χ0) is 21.3. The summed E-state index contributed by atoms with van der Waals surface area (Å²) in [6.45, 7) is 5.90. The van der Waals surface area contributed by atoms with Gasteiger partial charge in [0, 0.05) is 29.6 Å². The molecule has 0 aliphatic heterocycles. The lowest BCUT2D eigenvalue weighted by Crippen LogP contribution is -2.23. The molecule has 0 unspecified atom stereocenters. The van der Waals surface area contributed by atoms with Gasteiger partial charge in [0.15, 0.2) is 5.82 Å². The monoisotopic (exact) mass is 409 g/mol. The molecule has 1 aliphatic rings. The van der Waals surface area contributed by atoms with Crippen LogP contribution < -0.4 is 9.47 Å². The largest absolute Gasteiger partial charge is 0.481 e. The summed E-state index contributed by atoms with van der Waals surface area (Å²) < 4.78 is 11.1. The number of carboxylic acids is 1. The number of rotatable bonds is 8. The van der Waals surface area contributed by atoms with Crippen LogP contribution in [-0.4, -0.2) is 48.9 Å². The highest BCUT2D eigenvalue weighted by atomic mass is 16.5. The predicted octanol–water partition coefficient (Wildman–Crippen LogP) is 3.27. The molecule has 0 atom stereocenters. The smallest absolute Gasteiger partial charge is 0.336 e. The number of aliphatic carboxylic acids is 1. The molecule has 0 radical (unpaired) electrons. The minimum absolute atomic E-state index is 0.00415. The van der Waals surface area contributed by atoms with Gasteiger partial charge in [-0.05, 0) is 51.3 Å². The van der Waals surface area contributed by atoms with E-state index in [1.54, 1.807) is 18.5 Å². The Hall–Kier alpha value is -3.49. The van der Waals surface area contributed by atoms with Crippen molar-refractivity contribution >= 4 is 5.97 Å². The van der Waals surface area contributed by atoms with Crippen molar-refractivity contribution in [3.8, 4) is 34.5 Å². The molecule has 1 fully saturated rings. The molecule has 9 heteroatoms. The van der Waals surface area contributed by atoms with Crippen LogP contribution in [0.4, 0.5) is 0 Å². The average molecular weight is 409 g/mol. The maximum Gasteiger partial charge on any atom is 0.336 e. The van der Waals surface area contributed by atoms with Crippen LogP contribution in [0.25, 0.3) is 22.6 Å².